The highest BCUT2D eigenvalue weighted by Gasteiger charge is 2.01. The number of ether oxygens (including phenoxy) is 2. The minimum atomic E-state index is 0.523. The minimum Gasteiger partial charge on any atom is -0.490 e. The molecule has 3 aromatic carbocycles. The molecule has 0 atom stereocenters. The van der Waals surface area contributed by atoms with Crippen molar-refractivity contribution >= 4 is 0 Å². The maximum Gasteiger partial charge on any atom is 0.119 e. The third-order valence-corrected chi connectivity index (χ3v) is 4.21. The molecule has 3 aromatic rings. The third kappa shape index (κ3) is 5.35. The second kappa shape index (κ2) is 9.44. The van der Waals surface area contributed by atoms with Gasteiger partial charge in [-0.15, -0.1) is 0 Å². The van der Waals surface area contributed by atoms with Gasteiger partial charge in [0.1, 0.15) is 24.7 Å². The quantitative estimate of drug-likeness (QED) is 0.433. The Morgan fingerprint density at radius 3 is 1.37 bits per heavy atom. The van der Waals surface area contributed by atoms with E-state index in [0.717, 1.165) is 17.9 Å². The molecular weight excluding hydrogens is 332 g/mol. The Kier molecular flexibility index (Phi) is 6.48. The summed E-state index contributed by atoms with van der Waals surface area (Å²) in [6.07, 6.45) is 4.39. The van der Waals surface area contributed by atoms with Crippen LogP contribution in [0.4, 0.5) is 0 Å². The van der Waals surface area contributed by atoms with Crippen molar-refractivity contribution in [1.82, 2.24) is 0 Å². The number of benzene rings is 3. The van der Waals surface area contributed by atoms with Gasteiger partial charge in [0.05, 0.1) is 0 Å². The summed E-state index contributed by atoms with van der Waals surface area (Å²) in [6.45, 7) is 8.37. The highest BCUT2D eigenvalue weighted by molar-refractivity contribution is 5.64. The van der Waals surface area contributed by atoms with Crippen LogP contribution in [0.3, 0.4) is 0 Å². The van der Waals surface area contributed by atoms with Gasteiger partial charge in [-0.1, -0.05) is 73.8 Å². The number of hydrogen-bond donors (Lipinski definition) is 0. The van der Waals surface area contributed by atoms with Crippen molar-refractivity contribution in [2.75, 3.05) is 13.2 Å². The summed E-state index contributed by atoms with van der Waals surface area (Å²) in [5, 5.41) is 0. The normalized spacial score (nSPS) is 10.2. The fraction of sp³-hybridized carbons (Fsp3) is 0.120. The zero-order valence-corrected chi connectivity index (χ0v) is 15.4. The molecule has 0 spiro atoms. The SMILES string of the molecule is C=CCOc1ccc(Cc2ccc(-c3ccc(OCC=C)cc3)cc2)cc1. The van der Waals surface area contributed by atoms with E-state index >= 15 is 0 Å². The lowest BCUT2D eigenvalue weighted by Gasteiger charge is -2.08. The van der Waals surface area contributed by atoms with E-state index in [-0.39, 0.29) is 0 Å². The fourth-order valence-electron chi connectivity index (χ4n) is 2.81. The molecule has 3 rings (SSSR count). The van der Waals surface area contributed by atoms with Gasteiger partial charge in [0, 0.05) is 0 Å². The molecule has 2 heteroatoms. The van der Waals surface area contributed by atoms with E-state index in [4.69, 9.17) is 9.47 Å². The van der Waals surface area contributed by atoms with E-state index in [9.17, 15) is 0 Å². The van der Waals surface area contributed by atoms with Gasteiger partial charge in [-0.2, -0.15) is 0 Å². The first-order valence-electron chi connectivity index (χ1n) is 9.04. The van der Waals surface area contributed by atoms with Crippen molar-refractivity contribution < 1.29 is 9.47 Å². The summed E-state index contributed by atoms with van der Waals surface area (Å²) in [5.74, 6) is 1.73. The lowest BCUT2D eigenvalue weighted by atomic mass is 10.0. The van der Waals surface area contributed by atoms with Crippen molar-refractivity contribution in [2.45, 2.75) is 6.42 Å². The van der Waals surface area contributed by atoms with Gasteiger partial charge in [0.15, 0.2) is 0 Å². The minimum absolute atomic E-state index is 0.523. The standard InChI is InChI=1S/C25H24O2/c1-3-17-26-24-13-7-21(8-14-24)19-20-5-9-22(10-6-20)23-11-15-25(16-12-23)27-18-4-2/h3-16H,1-2,17-19H2. The van der Waals surface area contributed by atoms with Crippen molar-refractivity contribution in [1.29, 1.82) is 0 Å². The summed E-state index contributed by atoms with van der Waals surface area (Å²) in [5.41, 5.74) is 4.92. The van der Waals surface area contributed by atoms with Crippen LogP contribution in [0.5, 0.6) is 11.5 Å². The van der Waals surface area contributed by atoms with E-state index in [0.29, 0.717) is 13.2 Å². The molecule has 0 fully saturated rings. The molecule has 0 aliphatic rings. The van der Waals surface area contributed by atoms with Crippen molar-refractivity contribution in [3.8, 4) is 22.6 Å². The van der Waals surface area contributed by atoms with Crippen LogP contribution in [0.2, 0.25) is 0 Å². The van der Waals surface area contributed by atoms with Gasteiger partial charge in [-0.05, 0) is 52.9 Å². The van der Waals surface area contributed by atoms with Crippen LogP contribution in [0.1, 0.15) is 11.1 Å². The lowest BCUT2D eigenvalue weighted by molar-refractivity contribution is 0.363. The van der Waals surface area contributed by atoms with Crippen LogP contribution in [0.15, 0.2) is 98.1 Å². The predicted molar refractivity (Wildman–Crippen MR) is 113 cm³/mol. The van der Waals surface area contributed by atoms with E-state index in [1.54, 1.807) is 12.2 Å². The summed E-state index contributed by atoms with van der Waals surface area (Å²) in [7, 11) is 0. The summed E-state index contributed by atoms with van der Waals surface area (Å²) < 4.78 is 11.1. The summed E-state index contributed by atoms with van der Waals surface area (Å²) >= 11 is 0. The van der Waals surface area contributed by atoms with E-state index < -0.39 is 0 Å². The molecule has 0 unspecified atom stereocenters. The molecule has 27 heavy (non-hydrogen) atoms. The predicted octanol–water partition coefficient (Wildman–Crippen LogP) is 6.07. The Hall–Kier alpha value is -3.26. The molecule has 0 radical (unpaired) electrons. The molecular formula is C25H24O2. The zero-order chi connectivity index (χ0) is 18.9. The van der Waals surface area contributed by atoms with Gasteiger partial charge < -0.3 is 9.47 Å². The van der Waals surface area contributed by atoms with Gasteiger partial charge in [-0.25, -0.2) is 0 Å². The highest BCUT2D eigenvalue weighted by atomic mass is 16.5. The molecule has 0 heterocycles. The molecule has 0 bridgehead atoms. The molecule has 0 saturated carbocycles. The van der Waals surface area contributed by atoms with Crippen LogP contribution in [-0.2, 0) is 6.42 Å². The summed E-state index contributed by atoms with van der Waals surface area (Å²) in [4.78, 5) is 0. The highest BCUT2D eigenvalue weighted by Crippen LogP contribution is 2.24. The van der Waals surface area contributed by atoms with Crippen molar-refractivity contribution in [2.24, 2.45) is 0 Å². The lowest BCUT2D eigenvalue weighted by Crippen LogP contribution is -1.93. The first-order valence-corrected chi connectivity index (χ1v) is 9.04. The first kappa shape index (κ1) is 18.5. The smallest absolute Gasteiger partial charge is 0.119 e. The second-order valence-corrected chi connectivity index (χ2v) is 6.24. The first-order chi connectivity index (χ1) is 13.3. The Balaban J connectivity index is 1.63. The van der Waals surface area contributed by atoms with Crippen LogP contribution in [-0.4, -0.2) is 13.2 Å². The molecule has 0 N–H and O–H groups in total. The number of hydrogen-bond acceptors (Lipinski definition) is 2. The van der Waals surface area contributed by atoms with Crippen LogP contribution >= 0.6 is 0 Å². The van der Waals surface area contributed by atoms with E-state index in [2.05, 4.69) is 61.7 Å². The molecule has 0 saturated heterocycles. The molecule has 0 aliphatic carbocycles. The third-order valence-electron chi connectivity index (χ3n) is 4.21. The molecule has 0 aromatic heterocycles. The van der Waals surface area contributed by atoms with E-state index in [1.165, 1.54) is 22.3 Å². The Morgan fingerprint density at radius 2 is 0.926 bits per heavy atom. The maximum absolute atomic E-state index is 5.53. The van der Waals surface area contributed by atoms with Crippen LogP contribution < -0.4 is 9.47 Å². The Bertz CT molecular complexity index is 860. The largest absolute Gasteiger partial charge is 0.490 e. The summed E-state index contributed by atoms with van der Waals surface area (Å²) in [6, 6.07) is 25.0. The van der Waals surface area contributed by atoms with Crippen molar-refractivity contribution in [3.63, 3.8) is 0 Å². The number of rotatable bonds is 9. The average molecular weight is 356 g/mol. The van der Waals surface area contributed by atoms with Gasteiger partial charge in [0.2, 0.25) is 0 Å². The Labute approximate surface area is 161 Å². The van der Waals surface area contributed by atoms with E-state index in [1.807, 2.05) is 24.3 Å². The zero-order valence-electron chi connectivity index (χ0n) is 15.4. The molecule has 2 nitrogen and oxygen atoms in total. The monoisotopic (exact) mass is 356 g/mol. The molecule has 0 aliphatic heterocycles. The van der Waals surface area contributed by atoms with Gasteiger partial charge in [-0.3, -0.25) is 0 Å². The topological polar surface area (TPSA) is 18.5 Å². The van der Waals surface area contributed by atoms with Gasteiger partial charge >= 0.3 is 0 Å². The van der Waals surface area contributed by atoms with Gasteiger partial charge in [0.25, 0.3) is 0 Å². The fourth-order valence-corrected chi connectivity index (χ4v) is 2.81. The second-order valence-electron chi connectivity index (χ2n) is 6.24. The van der Waals surface area contributed by atoms with Crippen molar-refractivity contribution in [3.05, 3.63) is 109 Å². The average Bonchev–Trinajstić information content (AvgIpc) is 2.73. The maximum atomic E-state index is 5.53. The van der Waals surface area contributed by atoms with Crippen LogP contribution in [0.25, 0.3) is 11.1 Å². The van der Waals surface area contributed by atoms with Crippen LogP contribution in [0, 0.1) is 0 Å². The molecule has 0 amide bonds. The Morgan fingerprint density at radius 1 is 0.556 bits per heavy atom. The molecule has 136 valence electrons.